The van der Waals surface area contributed by atoms with Gasteiger partial charge in [0.25, 0.3) is 0 Å². The third-order valence-electron chi connectivity index (χ3n) is 1.94. The van der Waals surface area contributed by atoms with Crippen molar-refractivity contribution in [3.8, 4) is 10.6 Å². The van der Waals surface area contributed by atoms with Gasteiger partial charge in [-0.3, -0.25) is 0 Å². The molecule has 0 N–H and O–H groups in total. The first kappa shape index (κ1) is 9.69. The van der Waals surface area contributed by atoms with Gasteiger partial charge in [-0.1, -0.05) is 30.3 Å². The van der Waals surface area contributed by atoms with Crippen molar-refractivity contribution in [2.75, 3.05) is 0 Å². The number of alkyl halides is 1. The molecule has 1 atom stereocenters. The van der Waals surface area contributed by atoms with Gasteiger partial charge in [-0.15, -0.1) is 22.9 Å². The van der Waals surface area contributed by atoms with Gasteiger partial charge in [0, 0.05) is 16.6 Å². The number of hydrogen-bond acceptors (Lipinski definition) is 2. The Morgan fingerprint density at radius 1 is 1.29 bits per heavy atom. The van der Waals surface area contributed by atoms with E-state index in [2.05, 4.69) is 17.1 Å². The van der Waals surface area contributed by atoms with E-state index < -0.39 is 0 Å². The summed E-state index contributed by atoms with van der Waals surface area (Å²) in [4.78, 5) is 5.46. The molecule has 0 aliphatic rings. The Morgan fingerprint density at radius 3 is 2.57 bits per heavy atom. The highest BCUT2D eigenvalue weighted by Crippen LogP contribution is 2.30. The van der Waals surface area contributed by atoms with Crippen LogP contribution in [-0.2, 0) is 0 Å². The lowest BCUT2D eigenvalue weighted by Gasteiger charge is -1.95. The number of thiazole rings is 1. The van der Waals surface area contributed by atoms with Crippen molar-refractivity contribution in [1.82, 2.24) is 4.98 Å². The van der Waals surface area contributed by atoms with Gasteiger partial charge in [-0.25, -0.2) is 4.98 Å². The number of halogens is 1. The molecule has 0 saturated heterocycles. The van der Waals surface area contributed by atoms with Crippen LogP contribution in [0.2, 0.25) is 0 Å². The van der Waals surface area contributed by atoms with Gasteiger partial charge in [-0.05, 0) is 6.92 Å². The monoisotopic (exact) mass is 223 g/mol. The van der Waals surface area contributed by atoms with Crippen molar-refractivity contribution in [2.24, 2.45) is 0 Å². The summed E-state index contributed by atoms with van der Waals surface area (Å²) in [6.07, 6.45) is 1.85. The molecule has 1 heterocycles. The van der Waals surface area contributed by atoms with Crippen LogP contribution in [0, 0.1) is 0 Å². The zero-order valence-electron chi connectivity index (χ0n) is 7.77. The summed E-state index contributed by atoms with van der Waals surface area (Å²) in [5.74, 6) is 0. The van der Waals surface area contributed by atoms with Crippen molar-refractivity contribution < 1.29 is 0 Å². The van der Waals surface area contributed by atoms with E-state index >= 15 is 0 Å². The largest absolute Gasteiger partial charge is 0.244 e. The van der Waals surface area contributed by atoms with Crippen molar-refractivity contribution in [1.29, 1.82) is 0 Å². The fourth-order valence-corrected chi connectivity index (χ4v) is 2.23. The highest BCUT2D eigenvalue weighted by atomic mass is 35.5. The van der Waals surface area contributed by atoms with E-state index in [1.807, 2.05) is 31.3 Å². The normalized spacial score (nSPS) is 12.7. The van der Waals surface area contributed by atoms with Crippen molar-refractivity contribution in [3.63, 3.8) is 0 Å². The van der Waals surface area contributed by atoms with Crippen LogP contribution in [0.25, 0.3) is 10.6 Å². The summed E-state index contributed by atoms with van der Waals surface area (Å²) < 4.78 is 0. The highest BCUT2D eigenvalue weighted by Gasteiger charge is 2.07. The molecule has 14 heavy (non-hydrogen) atoms. The summed E-state index contributed by atoms with van der Waals surface area (Å²) in [5.41, 5.74) is 1.15. The quantitative estimate of drug-likeness (QED) is 0.699. The first-order chi connectivity index (χ1) is 6.77. The lowest BCUT2D eigenvalue weighted by atomic mass is 10.2. The molecular weight excluding hydrogens is 214 g/mol. The van der Waals surface area contributed by atoms with Crippen LogP contribution in [0.1, 0.15) is 17.2 Å². The van der Waals surface area contributed by atoms with Crippen LogP contribution in [0.4, 0.5) is 0 Å². The average Bonchev–Trinajstić information content (AvgIpc) is 2.68. The number of hydrogen-bond donors (Lipinski definition) is 0. The lowest BCUT2D eigenvalue weighted by Crippen LogP contribution is -1.73. The van der Waals surface area contributed by atoms with Crippen LogP contribution in [0.5, 0.6) is 0 Å². The Hall–Kier alpha value is -0.860. The molecule has 72 valence electrons. The van der Waals surface area contributed by atoms with Crippen LogP contribution < -0.4 is 0 Å². The second kappa shape index (κ2) is 4.11. The molecule has 1 unspecified atom stereocenters. The third-order valence-corrected chi connectivity index (χ3v) is 3.53. The maximum Gasteiger partial charge on any atom is 0.123 e. The Morgan fingerprint density at radius 2 is 2.00 bits per heavy atom. The van der Waals surface area contributed by atoms with Crippen molar-refractivity contribution >= 4 is 22.9 Å². The molecule has 2 rings (SSSR count). The Kier molecular flexibility index (Phi) is 2.85. The summed E-state index contributed by atoms with van der Waals surface area (Å²) >= 11 is 7.63. The number of rotatable bonds is 2. The van der Waals surface area contributed by atoms with Crippen molar-refractivity contribution in [2.45, 2.75) is 12.3 Å². The first-order valence-electron chi connectivity index (χ1n) is 4.42. The minimum atomic E-state index is 0.0463. The molecule has 1 aromatic heterocycles. The van der Waals surface area contributed by atoms with Crippen molar-refractivity contribution in [3.05, 3.63) is 41.4 Å². The van der Waals surface area contributed by atoms with E-state index in [0.717, 1.165) is 15.4 Å². The van der Waals surface area contributed by atoms with Crippen LogP contribution in [0.3, 0.4) is 0 Å². The SMILES string of the molecule is CC(Cl)c1cnc(-c2ccccc2)s1. The fraction of sp³-hybridized carbons (Fsp3) is 0.182. The first-order valence-corrected chi connectivity index (χ1v) is 5.68. The molecule has 0 aliphatic carbocycles. The van der Waals surface area contributed by atoms with Crippen LogP contribution in [-0.4, -0.2) is 4.98 Å². The second-order valence-electron chi connectivity index (χ2n) is 3.05. The fourth-order valence-electron chi connectivity index (χ4n) is 1.18. The maximum atomic E-state index is 5.97. The molecular formula is C11H10ClNS. The molecule has 0 aliphatic heterocycles. The average molecular weight is 224 g/mol. The third kappa shape index (κ3) is 1.97. The predicted octanol–water partition coefficient (Wildman–Crippen LogP) is 4.11. The van der Waals surface area contributed by atoms with E-state index in [1.165, 1.54) is 0 Å². The van der Waals surface area contributed by atoms with Gasteiger partial charge in [0.2, 0.25) is 0 Å². The minimum Gasteiger partial charge on any atom is -0.244 e. The number of aromatic nitrogens is 1. The lowest BCUT2D eigenvalue weighted by molar-refractivity contribution is 1.11. The Labute approximate surface area is 92.4 Å². The van der Waals surface area contributed by atoms with Gasteiger partial charge in [0.1, 0.15) is 5.01 Å². The molecule has 0 fully saturated rings. The Bertz CT molecular complexity index is 408. The maximum absolute atomic E-state index is 5.97. The highest BCUT2D eigenvalue weighted by molar-refractivity contribution is 7.15. The molecule has 1 nitrogen and oxygen atoms in total. The molecule has 2 aromatic rings. The Balaban J connectivity index is 2.34. The minimum absolute atomic E-state index is 0.0463. The molecule has 0 saturated carbocycles. The van der Waals surface area contributed by atoms with E-state index in [-0.39, 0.29) is 5.38 Å². The van der Waals surface area contributed by atoms with Gasteiger partial charge < -0.3 is 0 Å². The smallest absolute Gasteiger partial charge is 0.123 e. The van der Waals surface area contributed by atoms with Crippen LogP contribution >= 0.6 is 22.9 Å². The predicted molar refractivity (Wildman–Crippen MR) is 61.8 cm³/mol. The van der Waals surface area contributed by atoms with Gasteiger partial charge in [0.15, 0.2) is 0 Å². The second-order valence-corrected chi connectivity index (χ2v) is 4.77. The van der Waals surface area contributed by atoms with Crippen LogP contribution in [0.15, 0.2) is 36.5 Å². The number of benzene rings is 1. The molecule has 0 radical (unpaired) electrons. The zero-order valence-corrected chi connectivity index (χ0v) is 9.35. The van der Waals surface area contributed by atoms with Gasteiger partial charge >= 0.3 is 0 Å². The standard InChI is InChI=1S/C11H10ClNS/c1-8(12)10-7-13-11(14-10)9-5-3-2-4-6-9/h2-8H,1H3. The van der Waals surface area contributed by atoms with Gasteiger partial charge in [0.05, 0.1) is 5.38 Å². The van der Waals surface area contributed by atoms with E-state index in [1.54, 1.807) is 11.3 Å². The van der Waals surface area contributed by atoms with E-state index in [4.69, 9.17) is 11.6 Å². The summed E-state index contributed by atoms with van der Waals surface area (Å²) in [5, 5.41) is 1.08. The molecule has 0 amide bonds. The summed E-state index contributed by atoms with van der Waals surface area (Å²) in [7, 11) is 0. The topological polar surface area (TPSA) is 12.9 Å². The van der Waals surface area contributed by atoms with Gasteiger partial charge in [-0.2, -0.15) is 0 Å². The molecule has 0 bridgehead atoms. The van der Waals surface area contributed by atoms with E-state index in [9.17, 15) is 0 Å². The zero-order chi connectivity index (χ0) is 9.97. The molecule has 3 heteroatoms. The molecule has 1 aromatic carbocycles. The summed E-state index contributed by atoms with van der Waals surface area (Å²) in [6, 6.07) is 10.1. The summed E-state index contributed by atoms with van der Waals surface area (Å²) in [6.45, 7) is 1.96. The van der Waals surface area contributed by atoms with E-state index in [0.29, 0.717) is 0 Å². The number of nitrogens with zero attached hydrogens (tertiary/aromatic N) is 1. The molecule has 0 spiro atoms.